The Hall–Kier alpha value is -2.38. The predicted molar refractivity (Wildman–Crippen MR) is 104 cm³/mol. The maximum absolute atomic E-state index is 12.4. The highest BCUT2D eigenvalue weighted by Crippen LogP contribution is 2.31. The fourth-order valence-corrected chi connectivity index (χ4v) is 2.42. The van der Waals surface area contributed by atoms with Crippen molar-refractivity contribution in [3.8, 4) is 5.75 Å². The predicted octanol–water partition coefficient (Wildman–Crippen LogP) is 3.06. The summed E-state index contributed by atoms with van der Waals surface area (Å²) in [5, 5.41) is 6.53. The largest absolute Gasteiger partial charge is 0.495 e. The summed E-state index contributed by atoms with van der Waals surface area (Å²) in [7, 11) is 5.59. The van der Waals surface area contributed by atoms with E-state index < -0.39 is 0 Å². The average molecular weight is 378 g/mol. The molecule has 8 heteroatoms. The van der Waals surface area contributed by atoms with Crippen LogP contribution in [-0.4, -0.2) is 55.1 Å². The van der Waals surface area contributed by atoms with Gasteiger partial charge in [0.25, 0.3) is 5.91 Å². The molecule has 2 aromatic rings. The number of nitrogens with zero attached hydrogens (tertiary/aromatic N) is 3. The van der Waals surface area contributed by atoms with Gasteiger partial charge in [-0.2, -0.15) is 0 Å². The number of carbonyl (C=O) groups excluding carboxylic acids is 1. The van der Waals surface area contributed by atoms with E-state index in [4.69, 9.17) is 16.3 Å². The first-order valence-electron chi connectivity index (χ1n) is 8.27. The fraction of sp³-hybridized carbons (Fsp3) is 0.389. The average Bonchev–Trinajstić information content (AvgIpc) is 2.62. The number of benzene rings is 1. The van der Waals surface area contributed by atoms with Gasteiger partial charge in [-0.15, -0.1) is 0 Å². The van der Waals surface area contributed by atoms with Gasteiger partial charge in [0, 0.05) is 17.6 Å². The fourth-order valence-electron chi connectivity index (χ4n) is 2.26. The molecule has 0 fully saturated rings. The molecule has 0 atom stereocenters. The molecule has 1 amide bonds. The lowest BCUT2D eigenvalue weighted by atomic mass is 10.2. The van der Waals surface area contributed by atoms with E-state index in [1.165, 1.54) is 13.3 Å². The van der Waals surface area contributed by atoms with Crippen LogP contribution in [0.2, 0.25) is 5.02 Å². The topological polar surface area (TPSA) is 79.4 Å². The molecule has 0 bridgehead atoms. The van der Waals surface area contributed by atoms with E-state index >= 15 is 0 Å². The number of methoxy groups -OCH3 is 1. The van der Waals surface area contributed by atoms with E-state index in [1.807, 2.05) is 21.0 Å². The first-order chi connectivity index (χ1) is 12.4. The van der Waals surface area contributed by atoms with Crippen LogP contribution in [0.4, 0.5) is 11.5 Å². The van der Waals surface area contributed by atoms with Crippen molar-refractivity contribution >= 4 is 29.0 Å². The molecular formula is C18H24ClN5O2. The number of halogens is 1. The number of carbonyl (C=O) groups is 1. The van der Waals surface area contributed by atoms with Gasteiger partial charge in [0.2, 0.25) is 0 Å². The third kappa shape index (κ3) is 5.57. The molecule has 140 valence electrons. The van der Waals surface area contributed by atoms with Gasteiger partial charge >= 0.3 is 0 Å². The van der Waals surface area contributed by atoms with Gasteiger partial charge in [0.05, 0.1) is 25.2 Å². The van der Waals surface area contributed by atoms with Gasteiger partial charge in [-0.3, -0.25) is 4.79 Å². The van der Waals surface area contributed by atoms with Crippen molar-refractivity contribution in [3.05, 3.63) is 40.8 Å². The second-order valence-corrected chi connectivity index (χ2v) is 6.53. The summed E-state index contributed by atoms with van der Waals surface area (Å²) in [5.41, 5.74) is 1.59. The number of nitrogens with one attached hydrogen (secondary N) is 2. The molecule has 2 rings (SSSR count). The molecule has 0 spiro atoms. The minimum Gasteiger partial charge on any atom is -0.495 e. The van der Waals surface area contributed by atoms with Crippen molar-refractivity contribution in [3.63, 3.8) is 0 Å². The normalized spacial score (nSPS) is 10.7. The molecule has 0 unspecified atom stereocenters. The summed E-state index contributed by atoms with van der Waals surface area (Å²) >= 11 is 6.08. The first kappa shape index (κ1) is 19.9. The smallest absolute Gasteiger partial charge is 0.275 e. The summed E-state index contributed by atoms with van der Waals surface area (Å²) in [4.78, 5) is 22.9. The summed E-state index contributed by atoms with van der Waals surface area (Å²) < 4.78 is 5.26. The zero-order valence-electron chi connectivity index (χ0n) is 15.5. The van der Waals surface area contributed by atoms with Crippen LogP contribution in [0.25, 0.3) is 0 Å². The van der Waals surface area contributed by atoms with Crippen molar-refractivity contribution in [1.29, 1.82) is 0 Å². The Morgan fingerprint density at radius 1 is 1.27 bits per heavy atom. The molecule has 1 aromatic heterocycles. The zero-order valence-corrected chi connectivity index (χ0v) is 16.2. The highest BCUT2D eigenvalue weighted by atomic mass is 35.5. The maximum atomic E-state index is 12.4. The second kappa shape index (κ2) is 9.35. The van der Waals surface area contributed by atoms with Crippen molar-refractivity contribution in [2.45, 2.75) is 13.3 Å². The molecule has 0 radical (unpaired) electrons. The third-order valence-electron chi connectivity index (χ3n) is 3.70. The van der Waals surface area contributed by atoms with Crippen LogP contribution in [0.3, 0.4) is 0 Å². The Morgan fingerprint density at radius 2 is 2.04 bits per heavy atom. The highest BCUT2D eigenvalue weighted by Gasteiger charge is 2.13. The van der Waals surface area contributed by atoms with Crippen molar-refractivity contribution in [2.24, 2.45) is 0 Å². The van der Waals surface area contributed by atoms with Crippen molar-refractivity contribution in [2.75, 3.05) is 44.9 Å². The summed E-state index contributed by atoms with van der Waals surface area (Å²) in [6, 6.07) is 3.42. The first-order valence-corrected chi connectivity index (χ1v) is 8.64. The Labute approximate surface area is 158 Å². The molecule has 26 heavy (non-hydrogen) atoms. The number of rotatable bonds is 8. The quantitative estimate of drug-likeness (QED) is 0.688. The SMILES string of the molecule is COc1cc(Cl)c(C)cc1NC(=O)c1cnc(NCCCN(C)C)cn1. The molecule has 1 aromatic carbocycles. The van der Waals surface area contributed by atoms with Gasteiger partial charge in [0.15, 0.2) is 0 Å². The third-order valence-corrected chi connectivity index (χ3v) is 4.11. The van der Waals surface area contributed by atoms with Crippen LogP contribution < -0.4 is 15.4 Å². The van der Waals surface area contributed by atoms with Crippen LogP contribution >= 0.6 is 11.6 Å². The van der Waals surface area contributed by atoms with E-state index in [2.05, 4.69) is 25.5 Å². The van der Waals surface area contributed by atoms with E-state index in [1.54, 1.807) is 18.3 Å². The number of aryl methyl sites for hydroxylation is 1. The number of ether oxygens (including phenoxy) is 1. The maximum Gasteiger partial charge on any atom is 0.275 e. The molecule has 1 heterocycles. The number of aromatic nitrogens is 2. The number of hydrogen-bond donors (Lipinski definition) is 2. The minimum atomic E-state index is -0.364. The van der Waals surface area contributed by atoms with Crippen LogP contribution in [0, 0.1) is 6.92 Å². The summed E-state index contributed by atoms with van der Waals surface area (Å²) in [6.45, 7) is 3.64. The molecular weight excluding hydrogens is 354 g/mol. The second-order valence-electron chi connectivity index (χ2n) is 6.13. The standard InChI is InChI=1S/C18H24ClN5O2/c1-12-8-14(16(26-4)9-13(12)19)23-18(25)15-10-22-17(11-21-15)20-6-5-7-24(2)3/h8-11H,5-7H2,1-4H3,(H,20,22)(H,23,25). The highest BCUT2D eigenvalue weighted by molar-refractivity contribution is 6.31. The van der Waals surface area contributed by atoms with Crippen LogP contribution in [0.1, 0.15) is 22.5 Å². The lowest BCUT2D eigenvalue weighted by molar-refractivity contribution is 0.102. The lowest BCUT2D eigenvalue weighted by Crippen LogP contribution is -2.17. The van der Waals surface area contributed by atoms with E-state index in [-0.39, 0.29) is 11.6 Å². The van der Waals surface area contributed by atoms with Crippen LogP contribution in [0.15, 0.2) is 24.5 Å². The van der Waals surface area contributed by atoms with Gasteiger partial charge in [-0.05, 0) is 45.6 Å². The molecule has 0 aliphatic carbocycles. The molecule has 0 aliphatic heterocycles. The van der Waals surface area contributed by atoms with E-state index in [0.717, 1.165) is 25.1 Å². The van der Waals surface area contributed by atoms with E-state index in [9.17, 15) is 4.79 Å². The number of amides is 1. The van der Waals surface area contributed by atoms with Gasteiger partial charge in [-0.1, -0.05) is 11.6 Å². The monoisotopic (exact) mass is 377 g/mol. The van der Waals surface area contributed by atoms with Gasteiger partial charge in [0.1, 0.15) is 17.3 Å². The molecule has 2 N–H and O–H groups in total. The summed E-state index contributed by atoms with van der Waals surface area (Å²) in [5.74, 6) is 0.762. The molecule has 7 nitrogen and oxygen atoms in total. The minimum absolute atomic E-state index is 0.221. The van der Waals surface area contributed by atoms with Crippen molar-refractivity contribution < 1.29 is 9.53 Å². The molecule has 0 aliphatic rings. The molecule has 0 saturated carbocycles. The van der Waals surface area contributed by atoms with Crippen LogP contribution in [-0.2, 0) is 0 Å². The van der Waals surface area contributed by atoms with Gasteiger partial charge < -0.3 is 20.3 Å². The Balaban J connectivity index is 1.99. The zero-order chi connectivity index (χ0) is 19.1. The molecule has 0 saturated heterocycles. The van der Waals surface area contributed by atoms with Crippen LogP contribution in [0.5, 0.6) is 5.75 Å². The lowest BCUT2D eigenvalue weighted by Gasteiger charge is -2.12. The Kier molecular flexibility index (Phi) is 7.17. The van der Waals surface area contributed by atoms with Crippen molar-refractivity contribution in [1.82, 2.24) is 14.9 Å². The van der Waals surface area contributed by atoms with Gasteiger partial charge in [-0.25, -0.2) is 9.97 Å². The Morgan fingerprint density at radius 3 is 2.65 bits per heavy atom. The Bertz CT molecular complexity index is 750. The number of hydrogen-bond acceptors (Lipinski definition) is 6. The van der Waals surface area contributed by atoms with E-state index in [0.29, 0.717) is 22.3 Å². The summed E-state index contributed by atoms with van der Waals surface area (Å²) in [6.07, 6.45) is 3.99. The number of anilines is 2.